The molecule has 3 amide bonds. The zero-order valence-electron chi connectivity index (χ0n) is 18.3. The van der Waals surface area contributed by atoms with Crippen LogP contribution in [0.2, 0.25) is 0 Å². The Morgan fingerprint density at radius 1 is 1.03 bits per heavy atom. The van der Waals surface area contributed by atoms with Gasteiger partial charge in [0.05, 0.1) is 6.54 Å². The van der Waals surface area contributed by atoms with Crippen molar-refractivity contribution in [1.29, 1.82) is 0 Å². The van der Waals surface area contributed by atoms with Gasteiger partial charge in [0.25, 0.3) is 0 Å². The molecule has 11 N–H and O–H groups in total. The summed E-state index contributed by atoms with van der Waals surface area (Å²) in [6.45, 7) is 0.775. The third-order valence-electron chi connectivity index (χ3n) is 5.16. The molecular formula is C19H36N8O5. The van der Waals surface area contributed by atoms with E-state index in [1.165, 1.54) is 4.90 Å². The minimum atomic E-state index is -1.19. The monoisotopic (exact) mass is 456 g/mol. The van der Waals surface area contributed by atoms with Gasteiger partial charge >= 0.3 is 5.97 Å². The van der Waals surface area contributed by atoms with Gasteiger partial charge in [0.15, 0.2) is 5.96 Å². The average Bonchev–Trinajstić information content (AvgIpc) is 3.24. The van der Waals surface area contributed by atoms with E-state index in [1.54, 1.807) is 0 Å². The fourth-order valence-electron chi connectivity index (χ4n) is 3.54. The summed E-state index contributed by atoms with van der Waals surface area (Å²) in [5.74, 6) is -2.68. The van der Waals surface area contributed by atoms with Gasteiger partial charge in [-0.1, -0.05) is 0 Å². The van der Waals surface area contributed by atoms with Gasteiger partial charge in [0.2, 0.25) is 17.7 Å². The Hall–Kier alpha value is -2.93. The van der Waals surface area contributed by atoms with E-state index in [4.69, 9.17) is 22.9 Å². The summed E-state index contributed by atoms with van der Waals surface area (Å²) >= 11 is 0. The highest BCUT2D eigenvalue weighted by Crippen LogP contribution is 2.20. The van der Waals surface area contributed by atoms with Crippen LogP contribution in [-0.4, -0.2) is 84.0 Å². The summed E-state index contributed by atoms with van der Waals surface area (Å²) in [4.78, 5) is 54.4. The Balaban J connectivity index is 2.81. The van der Waals surface area contributed by atoms with Gasteiger partial charge in [-0.3, -0.25) is 19.4 Å². The molecule has 0 aromatic heterocycles. The Morgan fingerprint density at radius 3 is 2.31 bits per heavy atom. The second-order valence-corrected chi connectivity index (χ2v) is 7.65. The quantitative estimate of drug-likeness (QED) is 0.0809. The number of nitrogens with one attached hydrogen (secondary N) is 2. The van der Waals surface area contributed by atoms with Crippen molar-refractivity contribution in [3.8, 4) is 0 Å². The van der Waals surface area contributed by atoms with Crippen molar-refractivity contribution in [1.82, 2.24) is 15.5 Å². The lowest BCUT2D eigenvalue weighted by Gasteiger charge is -2.29. The molecule has 3 atom stereocenters. The summed E-state index contributed by atoms with van der Waals surface area (Å²) < 4.78 is 0. The molecule has 182 valence electrons. The maximum Gasteiger partial charge on any atom is 0.326 e. The van der Waals surface area contributed by atoms with E-state index >= 15 is 0 Å². The maximum atomic E-state index is 13.1. The van der Waals surface area contributed by atoms with Crippen LogP contribution in [0.3, 0.4) is 0 Å². The van der Waals surface area contributed by atoms with Crippen molar-refractivity contribution in [3.05, 3.63) is 0 Å². The van der Waals surface area contributed by atoms with Crippen molar-refractivity contribution in [3.63, 3.8) is 0 Å². The lowest BCUT2D eigenvalue weighted by molar-refractivity contribution is -0.145. The van der Waals surface area contributed by atoms with Crippen LogP contribution < -0.4 is 33.6 Å². The molecule has 0 aliphatic carbocycles. The normalized spacial score (nSPS) is 17.3. The van der Waals surface area contributed by atoms with Crippen LogP contribution in [0.1, 0.15) is 44.9 Å². The number of rotatable bonds is 14. The third kappa shape index (κ3) is 9.06. The molecule has 3 unspecified atom stereocenters. The van der Waals surface area contributed by atoms with E-state index in [-0.39, 0.29) is 31.4 Å². The van der Waals surface area contributed by atoms with Gasteiger partial charge in [-0.15, -0.1) is 0 Å². The molecule has 1 aliphatic heterocycles. The number of amides is 3. The maximum absolute atomic E-state index is 13.1. The number of nitrogens with two attached hydrogens (primary N) is 4. The first-order chi connectivity index (χ1) is 15.2. The Morgan fingerprint density at radius 2 is 1.72 bits per heavy atom. The number of carbonyl (C=O) groups is 4. The zero-order chi connectivity index (χ0) is 24.1. The summed E-state index contributed by atoms with van der Waals surface area (Å²) in [5, 5.41) is 14.6. The number of carboxylic acid groups (broad SMARTS) is 1. The fourth-order valence-corrected chi connectivity index (χ4v) is 3.54. The number of carbonyl (C=O) groups excluding carboxylic acids is 3. The van der Waals surface area contributed by atoms with Crippen molar-refractivity contribution >= 4 is 29.7 Å². The van der Waals surface area contributed by atoms with Crippen molar-refractivity contribution < 1.29 is 24.3 Å². The van der Waals surface area contributed by atoms with E-state index in [0.29, 0.717) is 51.6 Å². The van der Waals surface area contributed by atoms with E-state index in [2.05, 4.69) is 15.6 Å². The number of hydrogen-bond acceptors (Lipinski definition) is 7. The second-order valence-electron chi connectivity index (χ2n) is 7.65. The average molecular weight is 457 g/mol. The molecule has 13 nitrogen and oxygen atoms in total. The molecular weight excluding hydrogens is 420 g/mol. The molecule has 0 aromatic rings. The molecule has 0 spiro atoms. The number of guanidine groups is 1. The fraction of sp³-hybridized carbons (Fsp3) is 0.737. The number of aliphatic carboxylic acids is 1. The van der Waals surface area contributed by atoms with Gasteiger partial charge in [-0.25, -0.2) is 4.79 Å². The summed E-state index contributed by atoms with van der Waals surface area (Å²) in [7, 11) is 0. The highest BCUT2D eigenvalue weighted by atomic mass is 16.4. The number of carboxylic acids is 1. The van der Waals surface area contributed by atoms with E-state index in [1.807, 2.05) is 0 Å². The van der Waals surface area contributed by atoms with Crippen LogP contribution in [-0.2, 0) is 19.2 Å². The van der Waals surface area contributed by atoms with E-state index in [9.17, 15) is 24.3 Å². The van der Waals surface area contributed by atoms with Crippen LogP contribution in [0.25, 0.3) is 0 Å². The molecule has 0 radical (unpaired) electrons. The van der Waals surface area contributed by atoms with E-state index < -0.39 is 35.9 Å². The van der Waals surface area contributed by atoms with Crippen LogP contribution in [0.4, 0.5) is 0 Å². The number of likely N-dealkylation sites (tertiary alicyclic amines) is 1. The number of nitrogens with zero attached hydrogens (tertiary/aromatic N) is 2. The minimum absolute atomic E-state index is 0.0937. The summed E-state index contributed by atoms with van der Waals surface area (Å²) in [6.07, 6.45) is 3.16. The first-order valence-electron chi connectivity index (χ1n) is 10.8. The van der Waals surface area contributed by atoms with Crippen molar-refractivity contribution in [2.45, 2.75) is 63.1 Å². The Labute approximate surface area is 187 Å². The third-order valence-corrected chi connectivity index (χ3v) is 5.16. The lowest BCUT2D eigenvalue weighted by atomic mass is 10.1. The van der Waals surface area contributed by atoms with E-state index in [0.717, 1.165) is 0 Å². The topological polar surface area (TPSA) is 232 Å². The predicted octanol–water partition coefficient (Wildman–Crippen LogP) is -2.83. The van der Waals surface area contributed by atoms with Crippen LogP contribution in [0.15, 0.2) is 4.99 Å². The Kier molecular flexibility index (Phi) is 12.0. The minimum Gasteiger partial charge on any atom is -0.480 e. The molecule has 13 heteroatoms. The van der Waals surface area contributed by atoms with Crippen LogP contribution >= 0.6 is 0 Å². The number of hydrogen-bond donors (Lipinski definition) is 7. The smallest absolute Gasteiger partial charge is 0.326 e. The van der Waals surface area contributed by atoms with Gasteiger partial charge in [-0.05, 0) is 51.5 Å². The highest BCUT2D eigenvalue weighted by molar-refractivity contribution is 5.94. The first-order valence-corrected chi connectivity index (χ1v) is 10.8. The second kappa shape index (κ2) is 14.2. The lowest BCUT2D eigenvalue weighted by Crippen LogP contribution is -2.55. The van der Waals surface area contributed by atoms with Gasteiger partial charge in [-0.2, -0.15) is 0 Å². The molecule has 1 rings (SSSR count). The largest absolute Gasteiger partial charge is 0.480 e. The summed E-state index contributed by atoms with van der Waals surface area (Å²) in [5.41, 5.74) is 21.3. The SMILES string of the molecule is NCCCCC(NC(=O)CN)C(=O)N1CCCC1C(=O)NC(CCCN=C(N)N)C(=O)O. The standard InChI is InChI=1S/C19H36N8O5/c20-8-2-1-5-12(25-15(28)11-21)17(30)27-10-4-7-14(27)16(29)26-13(18(31)32)6-3-9-24-19(22)23/h12-14H,1-11,20-21H2,(H,25,28)(H,26,29)(H,31,32)(H4,22,23,24). The molecule has 0 saturated carbocycles. The molecule has 0 aromatic carbocycles. The molecule has 1 heterocycles. The van der Waals surface area contributed by atoms with Gasteiger partial charge < -0.3 is 43.6 Å². The number of aliphatic imine (C=N–C) groups is 1. The Bertz CT molecular complexity index is 683. The zero-order valence-corrected chi connectivity index (χ0v) is 18.3. The molecule has 32 heavy (non-hydrogen) atoms. The predicted molar refractivity (Wildman–Crippen MR) is 118 cm³/mol. The first kappa shape index (κ1) is 27.1. The highest BCUT2D eigenvalue weighted by Gasteiger charge is 2.38. The molecule has 1 fully saturated rings. The summed E-state index contributed by atoms with van der Waals surface area (Å²) in [6, 6.07) is -2.76. The van der Waals surface area contributed by atoms with Crippen LogP contribution in [0, 0.1) is 0 Å². The molecule has 1 aliphatic rings. The van der Waals surface area contributed by atoms with Gasteiger partial charge in [0, 0.05) is 13.1 Å². The van der Waals surface area contributed by atoms with Gasteiger partial charge in [0.1, 0.15) is 18.1 Å². The van der Waals surface area contributed by atoms with Crippen molar-refractivity contribution in [2.24, 2.45) is 27.9 Å². The molecule has 0 bridgehead atoms. The van der Waals surface area contributed by atoms with Crippen LogP contribution in [0.5, 0.6) is 0 Å². The molecule has 1 saturated heterocycles. The van der Waals surface area contributed by atoms with Crippen molar-refractivity contribution in [2.75, 3.05) is 26.2 Å². The number of unbranched alkanes of at least 4 members (excludes halogenated alkanes) is 1.